The second-order valence-corrected chi connectivity index (χ2v) is 4.13. The third-order valence-corrected chi connectivity index (χ3v) is 2.12. The van der Waals surface area contributed by atoms with Crippen molar-refractivity contribution in [3.05, 3.63) is 0 Å². The van der Waals surface area contributed by atoms with Gasteiger partial charge in [0.05, 0.1) is 0 Å². The number of carbonyl (C=O) groups is 2. The Balaban J connectivity index is 3.64. The maximum Gasteiger partial charge on any atom is 0.222 e. The summed E-state index contributed by atoms with van der Waals surface area (Å²) in [7, 11) is 1.77. The standard InChI is InChI=1S/C11H22N2O2/c1-9(2)12-7-8-13(4)11(15)6-5-10(3)14/h9,12H,5-8H2,1-4H3. The summed E-state index contributed by atoms with van der Waals surface area (Å²) < 4.78 is 0. The van der Waals surface area contributed by atoms with Gasteiger partial charge in [0.25, 0.3) is 0 Å². The molecule has 1 amide bonds. The van der Waals surface area contributed by atoms with E-state index in [1.165, 1.54) is 6.92 Å². The fraction of sp³-hybridized carbons (Fsp3) is 0.818. The molecular weight excluding hydrogens is 192 g/mol. The first-order valence-electron chi connectivity index (χ1n) is 5.40. The van der Waals surface area contributed by atoms with Crippen LogP contribution in [0, 0.1) is 0 Å². The number of Topliss-reactive ketones (excluding diaryl/α,β-unsaturated/α-hetero) is 1. The van der Waals surface area contributed by atoms with Crippen LogP contribution in [-0.2, 0) is 9.59 Å². The molecule has 0 radical (unpaired) electrons. The maximum absolute atomic E-state index is 11.5. The molecule has 0 saturated heterocycles. The minimum absolute atomic E-state index is 0.0377. The molecule has 0 rings (SSSR count). The van der Waals surface area contributed by atoms with Crippen molar-refractivity contribution >= 4 is 11.7 Å². The van der Waals surface area contributed by atoms with Crippen LogP contribution in [0.25, 0.3) is 0 Å². The van der Waals surface area contributed by atoms with Crippen LogP contribution in [0.1, 0.15) is 33.6 Å². The lowest BCUT2D eigenvalue weighted by Gasteiger charge is -2.18. The molecule has 4 nitrogen and oxygen atoms in total. The van der Waals surface area contributed by atoms with Gasteiger partial charge in [0.2, 0.25) is 5.91 Å². The van der Waals surface area contributed by atoms with Gasteiger partial charge in [0.15, 0.2) is 0 Å². The van der Waals surface area contributed by atoms with Crippen molar-refractivity contribution in [2.24, 2.45) is 0 Å². The average molecular weight is 214 g/mol. The molecule has 15 heavy (non-hydrogen) atoms. The molecule has 1 N–H and O–H groups in total. The molecule has 0 aromatic carbocycles. The van der Waals surface area contributed by atoms with Gasteiger partial charge in [0, 0.05) is 39.0 Å². The van der Waals surface area contributed by atoms with Gasteiger partial charge in [-0.1, -0.05) is 13.8 Å². The monoisotopic (exact) mass is 214 g/mol. The maximum atomic E-state index is 11.5. The van der Waals surface area contributed by atoms with Crippen LogP contribution in [0.15, 0.2) is 0 Å². The number of amides is 1. The summed E-state index contributed by atoms with van der Waals surface area (Å²) in [6, 6.07) is 0.436. The lowest BCUT2D eigenvalue weighted by Crippen LogP contribution is -2.36. The van der Waals surface area contributed by atoms with Crippen molar-refractivity contribution in [3.63, 3.8) is 0 Å². The summed E-state index contributed by atoms with van der Waals surface area (Å²) >= 11 is 0. The molecule has 0 heterocycles. The number of hydrogen-bond donors (Lipinski definition) is 1. The van der Waals surface area contributed by atoms with Crippen LogP contribution >= 0.6 is 0 Å². The SMILES string of the molecule is CC(=O)CCC(=O)N(C)CCNC(C)C. The van der Waals surface area contributed by atoms with Gasteiger partial charge in [-0.25, -0.2) is 0 Å². The second kappa shape index (κ2) is 7.40. The first-order valence-corrected chi connectivity index (χ1v) is 5.40. The molecule has 0 bridgehead atoms. The van der Waals surface area contributed by atoms with Crippen LogP contribution in [0.3, 0.4) is 0 Å². The van der Waals surface area contributed by atoms with Gasteiger partial charge < -0.3 is 15.0 Å². The highest BCUT2D eigenvalue weighted by atomic mass is 16.2. The summed E-state index contributed by atoms with van der Waals surface area (Å²) in [6.45, 7) is 7.12. The number of nitrogens with one attached hydrogen (secondary N) is 1. The van der Waals surface area contributed by atoms with Gasteiger partial charge in [0.1, 0.15) is 5.78 Å². The van der Waals surface area contributed by atoms with Gasteiger partial charge in [-0.15, -0.1) is 0 Å². The Bertz CT molecular complexity index is 215. The largest absolute Gasteiger partial charge is 0.344 e. The van der Waals surface area contributed by atoms with Crippen LogP contribution in [0.2, 0.25) is 0 Å². The molecule has 0 aromatic heterocycles. The van der Waals surface area contributed by atoms with Gasteiger partial charge in [-0.2, -0.15) is 0 Å². The van der Waals surface area contributed by atoms with Gasteiger partial charge in [-0.05, 0) is 6.92 Å². The normalized spacial score (nSPS) is 10.5. The molecule has 0 aliphatic rings. The molecule has 0 aliphatic heterocycles. The lowest BCUT2D eigenvalue weighted by atomic mass is 10.2. The van der Waals surface area contributed by atoms with Gasteiger partial charge >= 0.3 is 0 Å². The smallest absolute Gasteiger partial charge is 0.222 e. The zero-order chi connectivity index (χ0) is 11.8. The van der Waals surface area contributed by atoms with E-state index < -0.39 is 0 Å². The lowest BCUT2D eigenvalue weighted by molar-refractivity contribution is -0.131. The van der Waals surface area contributed by atoms with Crippen molar-refractivity contribution in [2.75, 3.05) is 20.1 Å². The van der Waals surface area contributed by atoms with E-state index in [9.17, 15) is 9.59 Å². The van der Waals surface area contributed by atoms with E-state index >= 15 is 0 Å². The third kappa shape index (κ3) is 8.12. The fourth-order valence-electron chi connectivity index (χ4n) is 1.12. The number of likely N-dealkylation sites (N-methyl/N-ethyl adjacent to an activating group) is 1. The Hall–Kier alpha value is -0.900. The van der Waals surface area contributed by atoms with Crippen molar-refractivity contribution in [2.45, 2.75) is 39.7 Å². The molecule has 4 heteroatoms. The Morgan fingerprint density at radius 3 is 2.33 bits per heavy atom. The number of ketones is 1. The summed E-state index contributed by atoms with van der Waals surface area (Å²) in [4.78, 5) is 23.8. The molecule has 0 saturated carbocycles. The highest BCUT2D eigenvalue weighted by molar-refractivity contribution is 5.83. The summed E-state index contributed by atoms with van der Waals surface area (Å²) in [5, 5.41) is 3.24. The molecule has 0 fully saturated rings. The Labute approximate surface area is 92.0 Å². The third-order valence-electron chi connectivity index (χ3n) is 2.12. The summed E-state index contributed by atoms with van der Waals surface area (Å²) in [5.41, 5.74) is 0. The van der Waals surface area contributed by atoms with E-state index in [4.69, 9.17) is 0 Å². The van der Waals surface area contributed by atoms with Gasteiger partial charge in [-0.3, -0.25) is 4.79 Å². The minimum atomic E-state index is 0.0377. The minimum Gasteiger partial charge on any atom is -0.344 e. The molecule has 0 spiro atoms. The highest BCUT2D eigenvalue weighted by Gasteiger charge is 2.08. The van der Waals surface area contributed by atoms with E-state index in [0.29, 0.717) is 25.4 Å². The zero-order valence-electron chi connectivity index (χ0n) is 10.2. The molecule has 0 aliphatic carbocycles. The number of rotatable bonds is 7. The fourth-order valence-corrected chi connectivity index (χ4v) is 1.12. The zero-order valence-corrected chi connectivity index (χ0v) is 10.2. The van der Waals surface area contributed by atoms with Crippen molar-refractivity contribution in [3.8, 4) is 0 Å². The second-order valence-electron chi connectivity index (χ2n) is 4.13. The molecule has 88 valence electrons. The van der Waals surface area contributed by atoms with Crippen LogP contribution < -0.4 is 5.32 Å². The van der Waals surface area contributed by atoms with E-state index in [2.05, 4.69) is 19.2 Å². The van der Waals surface area contributed by atoms with Crippen LogP contribution in [0.4, 0.5) is 0 Å². The van der Waals surface area contributed by atoms with Crippen molar-refractivity contribution in [1.82, 2.24) is 10.2 Å². The molecule has 0 unspecified atom stereocenters. The van der Waals surface area contributed by atoms with Crippen molar-refractivity contribution in [1.29, 1.82) is 0 Å². The highest BCUT2D eigenvalue weighted by Crippen LogP contribution is 1.96. The number of hydrogen-bond acceptors (Lipinski definition) is 3. The molecular formula is C11H22N2O2. The van der Waals surface area contributed by atoms with E-state index in [1.54, 1.807) is 11.9 Å². The number of nitrogens with zero attached hydrogens (tertiary/aromatic N) is 1. The quantitative estimate of drug-likeness (QED) is 0.682. The molecule has 0 atom stereocenters. The Morgan fingerprint density at radius 1 is 1.27 bits per heavy atom. The van der Waals surface area contributed by atoms with Crippen LogP contribution in [0.5, 0.6) is 0 Å². The summed E-state index contributed by atoms with van der Waals surface area (Å²) in [6.07, 6.45) is 0.675. The van der Waals surface area contributed by atoms with E-state index in [0.717, 1.165) is 6.54 Å². The van der Waals surface area contributed by atoms with Crippen LogP contribution in [-0.4, -0.2) is 42.8 Å². The molecule has 0 aromatic rings. The Morgan fingerprint density at radius 2 is 1.87 bits per heavy atom. The van der Waals surface area contributed by atoms with E-state index in [-0.39, 0.29) is 11.7 Å². The summed E-state index contributed by atoms with van der Waals surface area (Å²) in [5.74, 6) is 0.104. The predicted molar refractivity (Wildman–Crippen MR) is 60.7 cm³/mol. The first kappa shape index (κ1) is 14.1. The Kier molecular flexibility index (Phi) is 6.96. The number of carbonyl (C=O) groups excluding carboxylic acids is 2. The topological polar surface area (TPSA) is 49.4 Å². The predicted octanol–water partition coefficient (Wildman–Crippen LogP) is 0.812. The van der Waals surface area contributed by atoms with E-state index in [1.807, 2.05) is 0 Å². The first-order chi connectivity index (χ1) is 6.93. The van der Waals surface area contributed by atoms with Crippen molar-refractivity contribution < 1.29 is 9.59 Å². The average Bonchev–Trinajstić information content (AvgIpc) is 2.13.